The Morgan fingerprint density at radius 2 is 1.93 bits per heavy atom. The molecular formula is C16H12ClF3N6O2. The van der Waals surface area contributed by atoms with E-state index in [4.69, 9.17) is 11.6 Å². The first-order valence-corrected chi connectivity index (χ1v) is 8.15. The van der Waals surface area contributed by atoms with Gasteiger partial charge in [-0.2, -0.15) is 9.78 Å². The first kappa shape index (κ1) is 19.5. The average molecular weight is 413 g/mol. The minimum atomic E-state index is -4.90. The van der Waals surface area contributed by atoms with Crippen molar-refractivity contribution in [3.05, 3.63) is 59.4 Å². The van der Waals surface area contributed by atoms with Gasteiger partial charge in [0, 0.05) is 23.0 Å². The molecular weight excluding hydrogens is 401 g/mol. The maximum atomic E-state index is 12.5. The summed E-state index contributed by atoms with van der Waals surface area (Å²) < 4.78 is 42.4. The highest BCUT2D eigenvalue weighted by Gasteiger charge is 2.31. The van der Waals surface area contributed by atoms with E-state index in [1.165, 1.54) is 29.5 Å². The lowest BCUT2D eigenvalue weighted by Crippen LogP contribution is -2.29. The van der Waals surface area contributed by atoms with Crippen molar-refractivity contribution in [3.8, 4) is 11.7 Å². The minimum absolute atomic E-state index is 0.0830. The zero-order valence-corrected chi connectivity index (χ0v) is 14.9. The number of hydrogen-bond donors (Lipinski definition) is 1. The molecule has 0 saturated heterocycles. The number of ether oxygens (including phenoxy) is 1. The fourth-order valence-corrected chi connectivity index (χ4v) is 2.56. The van der Waals surface area contributed by atoms with Crippen LogP contribution in [-0.2, 0) is 0 Å². The molecule has 0 radical (unpaired) electrons. The lowest BCUT2D eigenvalue weighted by Gasteiger charge is -2.15. The van der Waals surface area contributed by atoms with E-state index < -0.39 is 24.1 Å². The number of halogens is 4. The van der Waals surface area contributed by atoms with Crippen LogP contribution in [0.4, 0.5) is 13.2 Å². The van der Waals surface area contributed by atoms with Crippen molar-refractivity contribution in [2.24, 2.45) is 0 Å². The summed E-state index contributed by atoms with van der Waals surface area (Å²) >= 11 is 5.79. The molecule has 0 aliphatic rings. The Hall–Kier alpha value is -3.21. The number of alkyl halides is 3. The molecule has 0 fully saturated rings. The second-order valence-corrected chi connectivity index (χ2v) is 5.93. The smallest absolute Gasteiger partial charge is 0.406 e. The Labute approximate surface area is 161 Å². The molecule has 146 valence electrons. The Morgan fingerprint density at radius 1 is 1.21 bits per heavy atom. The van der Waals surface area contributed by atoms with Gasteiger partial charge in [-0.3, -0.25) is 4.79 Å². The largest absolute Gasteiger partial charge is 0.573 e. The molecule has 0 bridgehead atoms. The Balaban J connectivity index is 1.80. The molecule has 12 heteroatoms. The van der Waals surface area contributed by atoms with E-state index in [1.54, 1.807) is 13.0 Å². The van der Waals surface area contributed by atoms with E-state index in [0.717, 1.165) is 12.1 Å². The molecule has 3 rings (SSSR count). The van der Waals surface area contributed by atoms with Crippen molar-refractivity contribution in [2.75, 3.05) is 0 Å². The molecule has 0 saturated carbocycles. The normalized spacial score (nSPS) is 12.5. The van der Waals surface area contributed by atoms with Gasteiger partial charge in [-0.15, -0.1) is 13.2 Å². The summed E-state index contributed by atoms with van der Waals surface area (Å²) in [5.41, 5.74) is -0.111. The van der Waals surface area contributed by atoms with Gasteiger partial charge in [0.05, 0.1) is 6.04 Å². The number of carbonyl (C=O) groups excluding carboxylic acids is 1. The molecule has 2 aromatic heterocycles. The predicted octanol–water partition coefficient (Wildman–Crippen LogP) is 3.10. The molecule has 1 unspecified atom stereocenters. The van der Waals surface area contributed by atoms with Crippen molar-refractivity contribution < 1.29 is 22.7 Å². The Morgan fingerprint density at radius 3 is 2.61 bits per heavy atom. The van der Waals surface area contributed by atoms with E-state index in [-0.39, 0.29) is 16.5 Å². The fraction of sp³-hybridized carbons (Fsp3) is 0.188. The van der Waals surface area contributed by atoms with Crippen LogP contribution in [0.3, 0.4) is 0 Å². The third-order valence-electron chi connectivity index (χ3n) is 3.42. The maximum Gasteiger partial charge on any atom is 0.573 e. The van der Waals surface area contributed by atoms with Gasteiger partial charge in [-0.1, -0.05) is 11.6 Å². The highest BCUT2D eigenvalue weighted by Crippen LogP contribution is 2.27. The molecule has 1 N–H and O–H groups in total. The zero-order chi connectivity index (χ0) is 20.3. The second kappa shape index (κ2) is 7.80. The van der Waals surface area contributed by atoms with E-state index in [0.29, 0.717) is 5.82 Å². The zero-order valence-electron chi connectivity index (χ0n) is 14.2. The number of rotatable bonds is 5. The van der Waals surface area contributed by atoms with Crippen molar-refractivity contribution in [1.29, 1.82) is 0 Å². The molecule has 0 aliphatic carbocycles. The SMILES string of the molecule is CC(NC(=O)c1cc(Cl)cc(OC(F)(F)F)c1)c1ncnn1-c1ncccn1. The molecule has 0 spiro atoms. The molecule has 2 heterocycles. The number of nitrogens with one attached hydrogen (secondary N) is 1. The van der Waals surface area contributed by atoms with Crippen LogP contribution in [0.1, 0.15) is 29.1 Å². The topological polar surface area (TPSA) is 94.8 Å². The first-order valence-electron chi connectivity index (χ1n) is 7.77. The third kappa shape index (κ3) is 4.74. The lowest BCUT2D eigenvalue weighted by molar-refractivity contribution is -0.274. The first-order chi connectivity index (χ1) is 13.2. The maximum absolute atomic E-state index is 12.5. The van der Waals surface area contributed by atoms with Crippen LogP contribution in [0.2, 0.25) is 5.02 Å². The lowest BCUT2D eigenvalue weighted by atomic mass is 10.2. The molecule has 28 heavy (non-hydrogen) atoms. The van der Waals surface area contributed by atoms with Gasteiger partial charge in [0.15, 0.2) is 5.82 Å². The van der Waals surface area contributed by atoms with Gasteiger partial charge in [0.2, 0.25) is 0 Å². The van der Waals surface area contributed by atoms with E-state index in [1.807, 2.05) is 0 Å². The highest BCUT2D eigenvalue weighted by molar-refractivity contribution is 6.31. The van der Waals surface area contributed by atoms with E-state index in [2.05, 4.69) is 30.1 Å². The summed E-state index contributed by atoms with van der Waals surface area (Å²) in [7, 11) is 0. The van der Waals surface area contributed by atoms with Crippen LogP contribution < -0.4 is 10.1 Å². The predicted molar refractivity (Wildman–Crippen MR) is 91.0 cm³/mol. The van der Waals surface area contributed by atoms with E-state index in [9.17, 15) is 18.0 Å². The van der Waals surface area contributed by atoms with Crippen LogP contribution in [0.15, 0.2) is 43.0 Å². The van der Waals surface area contributed by atoms with Crippen LogP contribution in [0, 0.1) is 0 Å². The molecule has 1 atom stereocenters. The highest BCUT2D eigenvalue weighted by atomic mass is 35.5. The Kier molecular flexibility index (Phi) is 5.45. The van der Waals surface area contributed by atoms with Crippen LogP contribution in [0.5, 0.6) is 5.75 Å². The summed E-state index contributed by atoms with van der Waals surface area (Å²) in [6.07, 6.45) is -0.600. The standard InChI is InChI=1S/C16H12ClF3N6O2/c1-9(13-23-8-24-26(13)15-21-3-2-4-22-15)25-14(27)10-5-11(17)7-12(6-10)28-16(18,19)20/h2-9H,1H3,(H,25,27). The van der Waals surface area contributed by atoms with Gasteiger partial charge >= 0.3 is 6.36 Å². The summed E-state index contributed by atoms with van der Waals surface area (Å²) in [6.45, 7) is 1.62. The summed E-state index contributed by atoms with van der Waals surface area (Å²) in [4.78, 5) is 24.7. The summed E-state index contributed by atoms with van der Waals surface area (Å²) in [6, 6.07) is 4.08. The van der Waals surface area contributed by atoms with Crippen molar-refractivity contribution in [2.45, 2.75) is 19.3 Å². The van der Waals surface area contributed by atoms with Crippen molar-refractivity contribution in [1.82, 2.24) is 30.0 Å². The van der Waals surface area contributed by atoms with E-state index >= 15 is 0 Å². The molecule has 3 aromatic rings. The third-order valence-corrected chi connectivity index (χ3v) is 3.64. The number of hydrogen-bond acceptors (Lipinski definition) is 6. The second-order valence-electron chi connectivity index (χ2n) is 5.50. The number of aromatic nitrogens is 5. The molecule has 0 aliphatic heterocycles. The fourth-order valence-electron chi connectivity index (χ4n) is 2.33. The molecule has 1 aromatic carbocycles. The van der Waals surface area contributed by atoms with Crippen molar-refractivity contribution >= 4 is 17.5 Å². The quantitative estimate of drug-likeness (QED) is 0.692. The van der Waals surface area contributed by atoms with Crippen LogP contribution >= 0.6 is 11.6 Å². The number of carbonyl (C=O) groups is 1. The van der Waals surface area contributed by atoms with Crippen LogP contribution in [0.25, 0.3) is 5.95 Å². The number of amides is 1. The van der Waals surface area contributed by atoms with Crippen LogP contribution in [-0.4, -0.2) is 37.0 Å². The average Bonchev–Trinajstić information content (AvgIpc) is 3.10. The van der Waals surface area contributed by atoms with Gasteiger partial charge in [-0.05, 0) is 31.2 Å². The Bertz CT molecular complexity index is 980. The van der Waals surface area contributed by atoms with Gasteiger partial charge in [0.1, 0.15) is 12.1 Å². The van der Waals surface area contributed by atoms with Gasteiger partial charge < -0.3 is 10.1 Å². The monoisotopic (exact) mass is 412 g/mol. The number of nitrogens with zero attached hydrogens (tertiary/aromatic N) is 5. The van der Waals surface area contributed by atoms with Crippen molar-refractivity contribution in [3.63, 3.8) is 0 Å². The molecule has 1 amide bonds. The van der Waals surface area contributed by atoms with Gasteiger partial charge in [-0.25, -0.2) is 15.0 Å². The van der Waals surface area contributed by atoms with Gasteiger partial charge in [0.25, 0.3) is 11.9 Å². The minimum Gasteiger partial charge on any atom is -0.406 e. The number of benzene rings is 1. The summed E-state index contributed by atoms with van der Waals surface area (Å²) in [5.74, 6) is -0.697. The molecule has 8 nitrogen and oxygen atoms in total. The summed E-state index contributed by atoms with van der Waals surface area (Å²) in [5, 5.41) is 6.55.